The molecule has 1 aromatic heterocycles. The molecule has 0 aliphatic carbocycles. The number of nitrogens with zero attached hydrogens (tertiary/aromatic N) is 1. The van der Waals surface area contributed by atoms with E-state index in [4.69, 9.17) is 0 Å². The summed E-state index contributed by atoms with van der Waals surface area (Å²) in [6, 6.07) is 1.89. The second kappa shape index (κ2) is 5.68. The maximum Gasteiger partial charge on any atom is 0.228 e. The highest BCUT2D eigenvalue weighted by molar-refractivity contribution is 5.91. The minimum absolute atomic E-state index is 0.0451. The van der Waals surface area contributed by atoms with Crippen LogP contribution in [0.5, 0.6) is 0 Å². The van der Waals surface area contributed by atoms with Gasteiger partial charge in [-0.3, -0.25) is 9.89 Å². The highest BCUT2D eigenvalue weighted by Crippen LogP contribution is 2.16. The molecule has 0 radical (unpaired) electrons. The molecule has 2 N–H and O–H groups in total. The summed E-state index contributed by atoms with van der Waals surface area (Å²) < 4.78 is 0. The van der Waals surface area contributed by atoms with Crippen LogP contribution in [0.1, 0.15) is 52.1 Å². The van der Waals surface area contributed by atoms with Crippen molar-refractivity contribution in [1.82, 2.24) is 10.2 Å². The van der Waals surface area contributed by atoms with Gasteiger partial charge < -0.3 is 5.32 Å². The molecule has 1 amide bonds. The molecular formula is C12H21N3O. The lowest BCUT2D eigenvalue weighted by Gasteiger charge is -2.08. The molecule has 0 fully saturated rings. The van der Waals surface area contributed by atoms with E-state index in [-0.39, 0.29) is 11.8 Å². The van der Waals surface area contributed by atoms with Gasteiger partial charge in [0.25, 0.3) is 0 Å². The molecule has 0 spiro atoms. The minimum atomic E-state index is 0.0451. The quantitative estimate of drug-likeness (QED) is 0.806. The summed E-state index contributed by atoms with van der Waals surface area (Å²) in [7, 11) is 0. The zero-order valence-corrected chi connectivity index (χ0v) is 10.5. The first kappa shape index (κ1) is 12.7. The monoisotopic (exact) mass is 223 g/mol. The summed E-state index contributed by atoms with van der Waals surface area (Å²) in [4.78, 5) is 11.7. The van der Waals surface area contributed by atoms with Crippen molar-refractivity contribution >= 4 is 11.7 Å². The Kier molecular flexibility index (Phi) is 4.52. The Labute approximate surface area is 96.8 Å². The van der Waals surface area contributed by atoms with Gasteiger partial charge in [-0.15, -0.1) is 0 Å². The number of hydrogen-bond acceptors (Lipinski definition) is 2. The zero-order chi connectivity index (χ0) is 12.1. The average Bonchev–Trinajstić information content (AvgIpc) is 2.66. The number of aromatic nitrogens is 2. The van der Waals surface area contributed by atoms with Crippen LogP contribution in [0.15, 0.2) is 6.07 Å². The summed E-state index contributed by atoms with van der Waals surface area (Å²) in [6.07, 6.45) is 1.93. The smallest absolute Gasteiger partial charge is 0.228 e. The fraction of sp³-hybridized carbons (Fsp3) is 0.667. The highest BCUT2D eigenvalue weighted by atomic mass is 16.1. The first-order valence-corrected chi connectivity index (χ1v) is 5.90. The number of amides is 1. The molecule has 0 saturated heterocycles. The third kappa shape index (κ3) is 3.36. The lowest BCUT2D eigenvalue weighted by Crippen LogP contribution is -2.20. The van der Waals surface area contributed by atoms with E-state index in [0.717, 1.165) is 18.5 Å². The van der Waals surface area contributed by atoms with Gasteiger partial charge in [-0.2, -0.15) is 5.10 Å². The van der Waals surface area contributed by atoms with Crippen molar-refractivity contribution in [2.75, 3.05) is 5.32 Å². The summed E-state index contributed by atoms with van der Waals surface area (Å²) in [5, 5.41) is 9.80. The van der Waals surface area contributed by atoms with Gasteiger partial charge in [0.05, 0.1) is 0 Å². The zero-order valence-electron chi connectivity index (χ0n) is 10.5. The molecule has 1 atom stereocenters. The average molecular weight is 223 g/mol. The number of H-pyrrole nitrogens is 1. The van der Waals surface area contributed by atoms with E-state index in [9.17, 15) is 4.79 Å². The highest BCUT2D eigenvalue weighted by Gasteiger charge is 2.13. The van der Waals surface area contributed by atoms with Crippen LogP contribution in [-0.4, -0.2) is 16.1 Å². The van der Waals surface area contributed by atoms with Gasteiger partial charge >= 0.3 is 0 Å². The van der Waals surface area contributed by atoms with E-state index in [1.807, 2.05) is 13.0 Å². The predicted octanol–water partition coefficient (Wildman–Crippen LogP) is 2.91. The van der Waals surface area contributed by atoms with E-state index in [1.165, 1.54) is 0 Å². The fourth-order valence-corrected chi connectivity index (χ4v) is 1.51. The lowest BCUT2D eigenvalue weighted by atomic mass is 10.1. The van der Waals surface area contributed by atoms with Crippen molar-refractivity contribution in [2.45, 2.75) is 46.5 Å². The molecule has 1 heterocycles. The minimum Gasteiger partial charge on any atom is -0.309 e. The third-order valence-electron chi connectivity index (χ3n) is 2.64. The van der Waals surface area contributed by atoms with Crippen molar-refractivity contribution in [3.05, 3.63) is 11.8 Å². The Balaban J connectivity index is 2.56. The summed E-state index contributed by atoms with van der Waals surface area (Å²) >= 11 is 0. The van der Waals surface area contributed by atoms with Crippen LogP contribution >= 0.6 is 0 Å². The normalized spacial score (nSPS) is 12.8. The van der Waals surface area contributed by atoms with Gasteiger partial charge in [0.1, 0.15) is 0 Å². The maximum atomic E-state index is 11.7. The third-order valence-corrected chi connectivity index (χ3v) is 2.64. The summed E-state index contributed by atoms with van der Waals surface area (Å²) in [5.74, 6) is 1.11. The Bertz CT molecular complexity index is 344. The molecule has 4 nitrogen and oxygen atoms in total. The molecule has 0 saturated carbocycles. The van der Waals surface area contributed by atoms with Crippen LogP contribution in [0.3, 0.4) is 0 Å². The van der Waals surface area contributed by atoms with Crippen LogP contribution in [0.25, 0.3) is 0 Å². The summed E-state index contributed by atoms with van der Waals surface area (Å²) in [5.41, 5.74) is 1.04. The second-order valence-electron chi connectivity index (χ2n) is 4.54. The number of hydrogen-bond donors (Lipinski definition) is 2. The van der Waals surface area contributed by atoms with E-state index in [1.54, 1.807) is 0 Å². The Morgan fingerprint density at radius 3 is 2.69 bits per heavy atom. The number of nitrogens with one attached hydrogen (secondary N) is 2. The number of carbonyl (C=O) groups is 1. The van der Waals surface area contributed by atoms with E-state index < -0.39 is 0 Å². The standard InChI is InChI=1S/C12H21N3O/c1-5-6-9(4)12(16)13-11-7-10(8(2)3)14-15-11/h7-9H,5-6H2,1-4H3,(H2,13,14,15,16). The second-order valence-corrected chi connectivity index (χ2v) is 4.54. The molecule has 90 valence electrons. The van der Waals surface area contributed by atoms with Crippen LogP contribution in [0.2, 0.25) is 0 Å². The topological polar surface area (TPSA) is 57.8 Å². The molecule has 0 bridgehead atoms. The van der Waals surface area contributed by atoms with Gasteiger partial charge in [-0.25, -0.2) is 0 Å². The maximum absolute atomic E-state index is 11.7. The fourth-order valence-electron chi connectivity index (χ4n) is 1.51. The predicted molar refractivity (Wildman–Crippen MR) is 65.4 cm³/mol. The molecule has 4 heteroatoms. The molecule has 0 aromatic carbocycles. The van der Waals surface area contributed by atoms with Crippen molar-refractivity contribution in [3.8, 4) is 0 Å². The summed E-state index contributed by atoms with van der Waals surface area (Å²) in [6.45, 7) is 8.18. The molecule has 1 unspecified atom stereocenters. The SMILES string of the molecule is CCCC(C)C(=O)Nc1cc(C(C)C)[nH]n1. The Hall–Kier alpha value is -1.32. The van der Waals surface area contributed by atoms with Crippen molar-refractivity contribution < 1.29 is 4.79 Å². The Morgan fingerprint density at radius 2 is 2.19 bits per heavy atom. The van der Waals surface area contributed by atoms with Crippen molar-refractivity contribution in [3.63, 3.8) is 0 Å². The largest absolute Gasteiger partial charge is 0.309 e. The number of anilines is 1. The number of rotatable bonds is 5. The van der Waals surface area contributed by atoms with Crippen LogP contribution in [-0.2, 0) is 4.79 Å². The van der Waals surface area contributed by atoms with Gasteiger partial charge in [0.15, 0.2) is 5.82 Å². The van der Waals surface area contributed by atoms with E-state index in [2.05, 4.69) is 36.3 Å². The first-order valence-electron chi connectivity index (χ1n) is 5.90. The molecule has 1 aromatic rings. The first-order chi connectivity index (χ1) is 7.54. The molecule has 1 rings (SSSR count). The lowest BCUT2D eigenvalue weighted by molar-refractivity contribution is -0.119. The molecule has 16 heavy (non-hydrogen) atoms. The van der Waals surface area contributed by atoms with Crippen LogP contribution in [0.4, 0.5) is 5.82 Å². The van der Waals surface area contributed by atoms with Crippen LogP contribution < -0.4 is 5.32 Å². The molecule has 0 aliphatic heterocycles. The molecule has 0 aliphatic rings. The van der Waals surface area contributed by atoms with Gasteiger partial charge in [0, 0.05) is 17.7 Å². The van der Waals surface area contributed by atoms with Gasteiger partial charge in [-0.05, 0) is 12.3 Å². The van der Waals surface area contributed by atoms with Crippen LogP contribution in [0, 0.1) is 5.92 Å². The number of aromatic amines is 1. The van der Waals surface area contributed by atoms with Crippen molar-refractivity contribution in [2.24, 2.45) is 5.92 Å². The number of carbonyl (C=O) groups excluding carboxylic acids is 1. The van der Waals surface area contributed by atoms with Crippen molar-refractivity contribution in [1.29, 1.82) is 0 Å². The van der Waals surface area contributed by atoms with Gasteiger partial charge in [-0.1, -0.05) is 34.1 Å². The van der Waals surface area contributed by atoms with E-state index in [0.29, 0.717) is 11.7 Å². The Morgan fingerprint density at radius 1 is 1.50 bits per heavy atom. The van der Waals surface area contributed by atoms with E-state index >= 15 is 0 Å². The van der Waals surface area contributed by atoms with Gasteiger partial charge in [0.2, 0.25) is 5.91 Å². The molecular weight excluding hydrogens is 202 g/mol.